The van der Waals surface area contributed by atoms with Crippen molar-refractivity contribution in [1.82, 2.24) is 0 Å². The lowest BCUT2D eigenvalue weighted by Crippen LogP contribution is -1.85. The quantitative estimate of drug-likeness (QED) is 0.752. The highest BCUT2D eigenvalue weighted by Gasteiger charge is 2.07. The van der Waals surface area contributed by atoms with Crippen molar-refractivity contribution in [3.8, 4) is 0 Å². The van der Waals surface area contributed by atoms with Crippen LogP contribution in [0.2, 0.25) is 0 Å². The first-order chi connectivity index (χ1) is 9.40. The van der Waals surface area contributed by atoms with E-state index in [0.717, 1.165) is 6.42 Å². The van der Waals surface area contributed by atoms with E-state index in [9.17, 15) is 0 Å². The summed E-state index contributed by atoms with van der Waals surface area (Å²) >= 11 is 0. The Bertz CT molecular complexity index is 582. The molecule has 0 spiro atoms. The third-order valence-electron chi connectivity index (χ3n) is 3.27. The van der Waals surface area contributed by atoms with Gasteiger partial charge in [0.05, 0.1) is 0 Å². The van der Waals surface area contributed by atoms with E-state index < -0.39 is 0 Å². The average Bonchev–Trinajstić information content (AvgIpc) is 2.88. The van der Waals surface area contributed by atoms with Crippen LogP contribution in [0, 0.1) is 0 Å². The van der Waals surface area contributed by atoms with Crippen LogP contribution in [-0.2, 0) is 12.2 Å². The molecule has 3 rings (SSSR count). The summed E-state index contributed by atoms with van der Waals surface area (Å²) in [5.74, 6) is 1.17. The third-order valence-corrected chi connectivity index (χ3v) is 5.20. The molecular weight excluding hydrogens is 248 g/mol. The highest BCUT2D eigenvalue weighted by molar-refractivity contribution is 8.21. The van der Waals surface area contributed by atoms with E-state index in [4.69, 9.17) is 0 Å². The lowest BCUT2D eigenvalue weighted by molar-refractivity contribution is 1.21. The van der Waals surface area contributed by atoms with Gasteiger partial charge in [-0.15, -0.1) is 0 Å². The van der Waals surface area contributed by atoms with Crippen molar-refractivity contribution >= 4 is 10.9 Å². The largest absolute Gasteiger partial charge is 0.209 e. The molecule has 0 saturated carbocycles. The van der Waals surface area contributed by atoms with Crippen LogP contribution in [0.4, 0.5) is 0 Å². The van der Waals surface area contributed by atoms with Crippen LogP contribution in [0.3, 0.4) is 0 Å². The predicted molar refractivity (Wildman–Crippen MR) is 86.5 cm³/mol. The minimum Gasteiger partial charge on any atom is -0.209 e. The number of benzene rings is 2. The number of thiol groups is 1. The molecular formula is C18H18S. The van der Waals surface area contributed by atoms with Crippen molar-refractivity contribution in [3.63, 3.8) is 0 Å². The maximum atomic E-state index is 2.47. The van der Waals surface area contributed by atoms with E-state index in [1.54, 1.807) is 0 Å². The molecule has 0 N–H and O–H groups in total. The number of rotatable bonds is 4. The summed E-state index contributed by atoms with van der Waals surface area (Å²) in [6.45, 7) is 0. The van der Waals surface area contributed by atoms with Gasteiger partial charge in [0.15, 0.2) is 0 Å². The summed E-state index contributed by atoms with van der Waals surface area (Å²) in [6, 6.07) is 21.5. The zero-order valence-corrected chi connectivity index (χ0v) is 11.8. The molecule has 1 aliphatic rings. The first kappa shape index (κ1) is 12.3. The third kappa shape index (κ3) is 3.39. The van der Waals surface area contributed by atoms with E-state index in [2.05, 4.69) is 77.6 Å². The lowest BCUT2D eigenvalue weighted by atomic mass is 10.1. The summed E-state index contributed by atoms with van der Waals surface area (Å²) in [5.41, 5.74) is 4.30. The Labute approximate surface area is 117 Å². The zero-order chi connectivity index (χ0) is 12.9. The van der Waals surface area contributed by atoms with Crippen LogP contribution >= 0.6 is 10.9 Å². The van der Waals surface area contributed by atoms with Gasteiger partial charge in [0.1, 0.15) is 0 Å². The summed E-state index contributed by atoms with van der Waals surface area (Å²) in [5, 5.41) is 4.86. The maximum absolute atomic E-state index is 2.47. The molecule has 0 saturated heterocycles. The molecule has 0 radical (unpaired) electrons. The van der Waals surface area contributed by atoms with E-state index in [0.29, 0.717) is 0 Å². The van der Waals surface area contributed by atoms with Gasteiger partial charge < -0.3 is 0 Å². The fourth-order valence-corrected chi connectivity index (χ4v) is 4.22. The van der Waals surface area contributed by atoms with Crippen molar-refractivity contribution in [2.75, 3.05) is 0 Å². The molecule has 1 atom stereocenters. The first-order valence-corrected chi connectivity index (χ1v) is 8.29. The minimum absolute atomic E-state index is 0.0995. The Morgan fingerprint density at radius 1 is 0.737 bits per heavy atom. The summed E-state index contributed by atoms with van der Waals surface area (Å²) in [7, 11) is -0.0995. The van der Waals surface area contributed by atoms with Gasteiger partial charge in [0, 0.05) is 5.75 Å². The second-order valence-electron chi connectivity index (χ2n) is 4.84. The van der Waals surface area contributed by atoms with Crippen molar-refractivity contribution in [2.24, 2.45) is 0 Å². The van der Waals surface area contributed by atoms with Gasteiger partial charge in [-0.25, -0.2) is 10.9 Å². The first-order valence-electron chi connectivity index (χ1n) is 6.63. The molecule has 0 amide bonds. The average molecular weight is 266 g/mol. The Kier molecular flexibility index (Phi) is 3.85. The van der Waals surface area contributed by atoms with Crippen molar-refractivity contribution in [3.05, 3.63) is 94.3 Å². The number of hydrogen-bond acceptors (Lipinski definition) is 0. The van der Waals surface area contributed by atoms with Crippen LogP contribution in [0.15, 0.2) is 83.1 Å². The molecule has 96 valence electrons. The standard InChI is InChI=1S/C18H18S/c1-3-7-16(8-4-1)13-18-11-12-19(15-18)14-17-9-5-2-6-10-17/h1-12,15,19H,13-14H2. The maximum Gasteiger partial charge on any atom is 0.00670 e. The molecule has 1 unspecified atom stereocenters. The van der Waals surface area contributed by atoms with Gasteiger partial charge in [-0.05, 0) is 33.9 Å². The van der Waals surface area contributed by atoms with Crippen LogP contribution in [0.1, 0.15) is 11.1 Å². The molecule has 0 aromatic heterocycles. The summed E-state index contributed by atoms with van der Waals surface area (Å²) in [4.78, 5) is 0. The SMILES string of the molecule is C1=C[SH](Cc2ccccc2)C=C1Cc1ccccc1. The van der Waals surface area contributed by atoms with Crippen LogP contribution in [0.25, 0.3) is 0 Å². The van der Waals surface area contributed by atoms with Gasteiger partial charge in [-0.3, -0.25) is 0 Å². The number of allylic oxidation sites excluding steroid dienone is 2. The second-order valence-corrected chi connectivity index (χ2v) is 6.74. The van der Waals surface area contributed by atoms with Gasteiger partial charge in [0.25, 0.3) is 0 Å². The van der Waals surface area contributed by atoms with Crippen LogP contribution in [-0.4, -0.2) is 0 Å². The van der Waals surface area contributed by atoms with E-state index in [1.807, 2.05) is 0 Å². The van der Waals surface area contributed by atoms with Gasteiger partial charge in [-0.1, -0.05) is 66.7 Å². The smallest absolute Gasteiger partial charge is 0.00670 e. The topological polar surface area (TPSA) is 0 Å². The Morgan fingerprint density at radius 3 is 2.05 bits per heavy atom. The van der Waals surface area contributed by atoms with Gasteiger partial charge >= 0.3 is 0 Å². The number of hydrogen-bond donors (Lipinski definition) is 1. The summed E-state index contributed by atoms with van der Waals surface area (Å²) in [6.07, 6.45) is 3.37. The van der Waals surface area contributed by atoms with Crippen molar-refractivity contribution in [2.45, 2.75) is 12.2 Å². The molecule has 0 aliphatic carbocycles. The Balaban J connectivity index is 1.64. The van der Waals surface area contributed by atoms with Gasteiger partial charge in [-0.2, -0.15) is 0 Å². The molecule has 2 aromatic rings. The fraction of sp³-hybridized carbons (Fsp3) is 0.111. The van der Waals surface area contributed by atoms with E-state index >= 15 is 0 Å². The fourth-order valence-electron chi connectivity index (χ4n) is 2.32. The Morgan fingerprint density at radius 2 is 1.37 bits per heavy atom. The lowest BCUT2D eigenvalue weighted by Gasteiger charge is -2.09. The van der Waals surface area contributed by atoms with Crippen molar-refractivity contribution < 1.29 is 0 Å². The minimum atomic E-state index is -0.0995. The predicted octanol–water partition coefficient (Wildman–Crippen LogP) is 4.84. The van der Waals surface area contributed by atoms with E-state index in [-0.39, 0.29) is 10.9 Å². The molecule has 0 fully saturated rings. The van der Waals surface area contributed by atoms with Crippen LogP contribution in [0.5, 0.6) is 0 Å². The molecule has 0 nitrogen and oxygen atoms in total. The molecule has 2 aromatic carbocycles. The molecule has 0 bridgehead atoms. The molecule has 19 heavy (non-hydrogen) atoms. The van der Waals surface area contributed by atoms with E-state index in [1.165, 1.54) is 22.5 Å². The highest BCUT2D eigenvalue weighted by Crippen LogP contribution is 2.40. The van der Waals surface area contributed by atoms with Crippen molar-refractivity contribution in [1.29, 1.82) is 0 Å². The zero-order valence-electron chi connectivity index (χ0n) is 10.9. The highest BCUT2D eigenvalue weighted by atomic mass is 32.2. The van der Waals surface area contributed by atoms with Crippen LogP contribution < -0.4 is 0 Å². The van der Waals surface area contributed by atoms with Gasteiger partial charge in [0.2, 0.25) is 0 Å². The molecule has 1 heterocycles. The Hall–Kier alpha value is -1.73. The summed E-state index contributed by atoms with van der Waals surface area (Å²) < 4.78 is 0. The monoisotopic (exact) mass is 266 g/mol. The molecule has 1 heteroatoms. The molecule has 1 aliphatic heterocycles. The second kappa shape index (κ2) is 5.94. The normalized spacial score (nSPS) is 19.4.